The molecule has 0 aliphatic carbocycles. The second kappa shape index (κ2) is 4.86. The number of aryl methyl sites for hydroxylation is 2. The van der Waals surface area contributed by atoms with Gasteiger partial charge in [0.1, 0.15) is 0 Å². The summed E-state index contributed by atoms with van der Waals surface area (Å²) in [6.45, 7) is 3.73. The highest BCUT2D eigenvalue weighted by atomic mass is 16.4. The predicted octanol–water partition coefficient (Wildman–Crippen LogP) is 2.62. The Labute approximate surface area is 112 Å². The summed E-state index contributed by atoms with van der Waals surface area (Å²) in [5, 5.41) is 20.2. The van der Waals surface area contributed by atoms with Gasteiger partial charge in [0.05, 0.1) is 0 Å². The summed E-state index contributed by atoms with van der Waals surface area (Å²) in [7, 11) is 0. The van der Waals surface area contributed by atoms with E-state index in [-0.39, 0.29) is 0 Å². The maximum atomic E-state index is 11.6. The minimum Gasteiger partial charge on any atom is -0.479 e. The Morgan fingerprint density at radius 3 is 2.21 bits per heavy atom. The van der Waals surface area contributed by atoms with Crippen LogP contribution < -0.4 is 0 Å². The number of rotatable bonds is 3. The molecule has 0 aromatic heterocycles. The summed E-state index contributed by atoms with van der Waals surface area (Å²) >= 11 is 0. The van der Waals surface area contributed by atoms with Gasteiger partial charge in [-0.15, -0.1) is 0 Å². The number of carbonyl (C=O) groups is 1. The van der Waals surface area contributed by atoms with Crippen molar-refractivity contribution < 1.29 is 15.0 Å². The molecule has 19 heavy (non-hydrogen) atoms. The zero-order valence-electron chi connectivity index (χ0n) is 10.9. The highest BCUT2D eigenvalue weighted by Gasteiger charge is 2.40. The molecule has 0 spiro atoms. The molecule has 3 heteroatoms. The molecule has 3 nitrogen and oxygen atoms in total. The van der Waals surface area contributed by atoms with Gasteiger partial charge in [-0.3, -0.25) is 0 Å². The van der Waals surface area contributed by atoms with Gasteiger partial charge in [-0.25, -0.2) is 4.79 Å². The van der Waals surface area contributed by atoms with Crippen molar-refractivity contribution in [1.82, 2.24) is 0 Å². The van der Waals surface area contributed by atoms with Gasteiger partial charge in [0.2, 0.25) is 5.60 Å². The Kier molecular flexibility index (Phi) is 3.40. The van der Waals surface area contributed by atoms with Crippen molar-refractivity contribution in [2.75, 3.05) is 0 Å². The summed E-state index contributed by atoms with van der Waals surface area (Å²) in [4.78, 5) is 11.6. The molecule has 2 N–H and O–H groups in total. The zero-order chi connectivity index (χ0) is 14.0. The Morgan fingerprint density at radius 2 is 1.68 bits per heavy atom. The Bertz CT molecular complexity index is 605. The van der Waals surface area contributed by atoms with Gasteiger partial charge in [-0.2, -0.15) is 0 Å². The van der Waals surface area contributed by atoms with Crippen molar-refractivity contribution in [3.63, 3.8) is 0 Å². The third-order valence-corrected chi connectivity index (χ3v) is 3.27. The molecular formula is C16H16O3. The van der Waals surface area contributed by atoms with E-state index in [9.17, 15) is 15.0 Å². The maximum Gasteiger partial charge on any atom is 0.345 e. The van der Waals surface area contributed by atoms with E-state index in [1.807, 2.05) is 13.0 Å². The third-order valence-electron chi connectivity index (χ3n) is 3.27. The Hall–Kier alpha value is -2.13. The fourth-order valence-electron chi connectivity index (χ4n) is 2.29. The summed E-state index contributed by atoms with van der Waals surface area (Å²) in [6, 6.07) is 13.8. The van der Waals surface area contributed by atoms with E-state index in [1.54, 1.807) is 49.4 Å². The summed E-state index contributed by atoms with van der Waals surface area (Å²) in [5.41, 5.74) is 0.529. The summed E-state index contributed by atoms with van der Waals surface area (Å²) in [6.07, 6.45) is 0. The molecule has 0 heterocycles. The van der Waals surface area contributed by atoms with Crippen LogP contribution in [0, 0.1) is 13.8 Å². The fourth-order valence-corrected chi connectivity index (χ4v) is 2.29. The molecule has 1 atom stereocenters. The van der Waals surface area contributed by atoms with Crippen molar-refractivity contribution in [2.45, 2.75) is 19.4 Å². The first-order valence-electron chi connectivity index (χ1n) is 6.05. The van der Waals surface area contributed by atoms with Crippen LogP contribution in [0.25, 0.3) is 0 Å². The van der Waals surface area contributed by atoms with Gasteiger partial charge in [-0.1, -0.05) is 54.1 Å². The van der Waals surface area contributed by atoms with Crippen LogP contribution in [0.3, 0.4) is 0 Å². The van der Waals surface area contributed by atoms with Gasteiger partial charge in [0.25, 0.3) is 0 Å². The molecule has 0 aliphatic rings. The van der Waals surface area contributed by atoms with Crippen LogP contribution in [0.4, 0.5) is 0 Å². The summed E-state index contributed by atoms with van der Waals surface area (Å²) < 4.78 is 0. The second-order valence-electron chi connectivity index (χ2n) is 4.70. The third kappa shape index (κ3) is 2.25. The second-order valence-corrected chi connectivity index (χ2v) is 4.70. The van der Waals surface area contributed by atoms with Crippen LogP contribution >= 0.6 is 0 Å². The lowest BCUT2D eigenvalue weighted by Crippen LogP contribution is -2.37. The van der Waals surface area contributed by atoms with Crippen molar-refractivity contribution in [3.05, 3.63) is 70.8 Å². The highest BCUT2D eigenvalue weighted by molar-refractivity contribution is 5.84. The monoisotopic (exact) mass is 256 g/mol. The van der Waals surface area contributed by atoms with E-state index in [0.717, 1.165) is 11.1 Å². The van der Waals surface area contributed by atoms with Gasteiger partial charge in [-0.05, 0) is 25.0 Å². The lowest BCUT2D eigenvalue weighted by molar-refractivity contribution is -0.155. The normalized spacial score (nSPS) is 13.8. The van der Waals surface area contributed by atoms with Crippen molar-refractivity contribution >= 4 is 5.97 Å². The highest BCUT2D eigenvalue weighted by Crippen LogP contribution is 2.32. The first-order valence-corrected chi connectivity index (χ1v) is 6.05. The van der Waals surface area contributed by atoms with Crippen LogP contribution in [0.15, 0.2) is 48.5 Å². The predicted molar refractivity (Wildman–Crippen MR) is 73.0 cm³/mol. The molecule has 0 saturated heterocycles. The van der Waals surface area contributed by atoms with E-state index in [2.05, 4.69) is 0 Å². The Morgan fingerprint density at radius 1 is 1.05 bits per heavy atom. The number of aliphatic hydroxyl groups is 1. The number of carboxylic acid groups (broad SMARTS) is 1. The molecule has 0 radical (unpaired) electrons. The fraction of sp³-hybridized carbons (Fsp3) is 0.188. The van der Waals surface area contributed by atoms with Gasteiger partial charge in [0.15, 0.2) is 0 Å². The lowest BCUT2D eigenvalue weighted by Gasteiger charge is -2.26. The number of hydrogen-bond acceptors (Lipinski definition) is 2. The van der Waals surface area contributed by atoms with Crippen LogP contribution in [0.1, 0.15) is 22.3 Å². The number of benzene rings is 2. The van der Waals surface area contributed by atoms with E-state index in [0.29, 0.717) is 11.1 Å². The van der Waals surface area contributed by atoms with Crippen molar-refractivity contribution in [1.29, 1.82) is 0 Å². The van der Waals surface area contributed by atoms with E-state index < -0.39 is 11.6 Å². The first-order chi connectivity index (χ1) is 8.96. The number of hydrogen-bond donors (Lipinski definition) is 2. The van der Waals surface area contributed by atoms with Gasteiger partial charge in [0, 0.05) is 5.56 Å². The van der Waals surface area contributed by atoms with Crippen molar-refractivity contribution in [3.8, 4) is 0 Å². The Balaban J connectivity index is 2.67. The average molecular weight is 256 g/mol. The summed E-state index contributed by atoms with van der Waals surface area (Å²) in [5.74, 6) is -1.27. The molecule has 0 amide bonds. The largest absolute Gasteiger partial charge is 0.479 e. The topological polar surface area (TPSA) is 57.5 Å². The van der Waals surface area contributed by atoms with E-state index in [4.69, 9.17) is 0 Å². The van der Waals surface area contributed by atoms with Crippen molar-refractivity contribution in [2.24, 2.45) is 0 Å². The number of aliphatic carboxylic acids is 1. The van der Waals surface area contributed by atoms with Crippen LogP contribution in [-0.4, -0.2) is 16.2 Å². The minimum atomic E-state index is -2.01. The molecule has 2 rings (SSSR count). The minimum absolute atomic E-state index is 0.356. The molecule has 0 bridgehead atoms. The van der Waals surface area contributed by atoms with E-state index in [1.165, 1.54) is 0 Å². The SMILES string of the molecule is Cc1ccc(C(O)(C(=O)O)c2ccccc2)c(C)c1. The van der Waals surface area contributed by atoms with Gasteiger partial charge >= 0.3 is 5.97 Å². The quantitative estimate of drug-likeness (QED) is 0.887. The van der Waals surface area contributed by atoms with Gasteiger partial charge < -0.3 is 10.2 Å². The average Bonchev–Trinajstić information content (AvgIpc) is 2.38. The smallest absolute Gasteiger partial charge is 0.345 e. The molecular weight excluding hydrogens is 240 g/mol. The molecule has 0 saturated carbocycles. The standard InChI is InChI=1S/C16H16O3/c1-11-8-9-14(12(2)10-11)16(19,15(17)18)13-6-4-3-5-7-13/h3-10,19H,1-2H3,(H,17,18). The molecule has 0 aliphatic heterocycles. The van der Waals surface area contributed by atoms with Crippen LogP contribution in [-0.2, 0) is 10.4 Å². The number of carboxylic acids is 1. The molecule has 2 aromatic carbocycles. The molecule has 0 fully saturated rings. The van der Waals surface area contributed by atoms with Crippen LogP contribution in [0.2, 0.25) is 0 Å². The maximum absolute atomic E-state index is 11.6. The van der Waals surface area contributed by atoms with E-state index >= 15 is 0 Å². The molecule has 98 valence electrons. The molecule has 2 aromatic rings. The van der Waals surface area contributed by atoms with Crippen LogP contribution in [0.5, 0.6) is 0 Å². The molecule has 1 unspecified atom stereocenters. The first kappa shape index (κ1) is 13.3. The lowest BCUT2D eigenvalue weighted by atomic mass is 9.83. The zero-order valence-corrected chi connectivity index (χ0v) is 10.9.